The van der Waals surface area contributed by atoms with E-state index in [2.05, 4.69) is 30.4 Å². The summed E-state index contributed by atoms with van der Waals surface area (Å²) >= 11 is 0. The fourth-order valence-corrected chi connectivity index (χ4v) is 5.87. The normalized spacial score (nSPS) is 11.3. The van der Waals surface area contributed by atoms with E-state index in [0.717, 1.165) is 55.9 Å². The van der Waals surface area contributed by atoms with Crippen LogP contribution in [0.3, 0.4) is 0 Å². The molecule has 0 aliphatic carbocycles. The second kappa shape index (κ2) is 15.4. The molecule has 0 radical (unpaired) electrons. The average Bonchev–Trinajstić information content (AvgIpc) is 3.20. The summed E-state index contributed by atoms with van der Waals surface area (Å²) in [5, 5.41) is 37.7. The predicted octanol–water partition coefficient (Wildman–Crippen LogP) is 8.11. The van der Waals surface area contributed by atoms with E-state index in [4.69, 9.17) is 0 Å². The number of benzene rings is 6. The van der Waals surface area contributed by atoms with Crippen molar-refractivity contribution in [2.24, 2.45) is 9.98 Å². The zero-order chi connectivity index (χ0) is 37.6. The lowest BCUT2D eigenvalue weighted by molar-refractivity contribution is -0.255. The number of aryl methyl sites for hydroxylation is 2. The van der Waals surface area contributed by atoms with Crippen molar-refractivity contribution >= 4 is 35.7 Å². The second-order valence-electron chi connectivity index (χ2n) is 12.6. The SMILES string of the molecule is Cc1cc(C=Nc2ccc(-c3ccc(-c4nnc(-c5ccc(-c6ccc(N=Cc7ccc(C(=O)O)c(C)c7)cc6)cc5)nn4)cc3)cc2)ccc1C(=O)[O-]. The smallest absolute Gasteiger partial charge is 0.335 e. The molecule has 0 aliphatic rings. The van der Waals surface area contributed by atoms with Crippen LogP contribution >= 0.6 is 0 Å². The fraction of sp³-hybridized carbons (Fsp3) is 0.0455. The molecular formula is C44H31N6O4-. The number of rotatable bonds is 10. The van der Waals surface area contributed by atoms with Gasteiger partial charge in [-0.2, -0.15) is 0 Å². The van der Waals surface area contributed by atoms with Gasteiger partial charge in [0, 0.05) is 29.1 Å². The highest BCUT2D eigenvalue weighted by Gasteiger charge is 2.09. The van der Waals surface area contributed by atoms with Gasteiger partial charge >= 0.3 is 5.97 Å². The first-order chi connectivity index (χ1) is 26.2. The van der Waals surface area contributed by atoms with Crippen LogP contribution in [0.1, 0.15) is 43.0 Å². The monoisotopic (exact) mass is 707 g/mol. The summed E-state index contributed by atoms with van der Waals surface area (Å²) < 4.78 is 0. The Morgan fingerprint density at radius 3 is 1.17 bits per heavy atom. The summed E-state index contributed by atoms with van der Waals surface area (Å²) in [7, 11) is 0. The third kappa shape index (κ3) is 8.03. The number of nitrogens with zero attached hydrogens (tertiary/aromatic N) is 6. The highest BCUT2D eigenvalue weighted by atomic mass is 16.4. The minimum absolute atomic E-state index is 0.172. The first-order valence-corrected chi connectivity index (χ1v) is 16.9. The summed E-state index contributed by atoms with van der Waals surface area (Å²) in [4.78, 5) is 31.5. The van der Waals surface area contributed by atoms with Crippen LogP contribution in [0.4, 0.5) is 11.4 Å². The molecule has 1 aromatic heterocycles. The number of carbonyl (C=O) groups excluding carboxylic acids is 1. The van der Waals surface area contributed by atoms with Crippen LogP contribution in [-0.2, 0) is 0 Å². The molecule has 0 amide bonds. The summed E-state index contributed by atoms with van der Waals surface area (Å²) in [6, 6.07) is 41.5. The molecule has 0 unspecified atom stereocenters. The number of carboxylic acids is 2. The lowest BCUT2D eigenvalue weighted by Gasteiger charge is -2.07. The van der Waals surface area contributed by atoms with Crippen LogP contribution < -0.4 is 5.11 Å². The van der Waals surface area contributed by atoms with Gasteiger partial charge in [-0.1, -0.05) is 91.0 Å². The number of aromatic carboxylic acids is 2. The molecular weight excluding hydrogens is 677 g/mol. The van der Waals surface area contributed by atoms with Crippen molar-refractivity contribution in [1.29, 1.82) is 0 Å². The van der Waals surface area contributed by atoms with Crippen LogP contribution in [0.25, 0.3) is 45.0 Å². The number of aromatic nitrogens is 4. The summed E-state index contributed by atoms with van der Waals surface area (Å²) in [6.45, 7) is 3.50. The van der Waals surface area contributed by atoms with E-state index in [1.807, 2.05) is 97.1 Å². The van der Waals surface area contributed by atoms with E-state index in [-0.39, 0.29) is 11.1 Å². The average molecular weight is 708 g/mol. The zero-order valence-electron chi connectivity index (χ0n) is 29.2. The highest BCUT2D eigenvalue weighted by Crippen LogP contribution is 2.27. The molecule has 0 aliphatic heterocycles. The number of carboxylic acid groups (broad SMARTS) is 2. The molecule has 7 aromatic rings. The maximum atomic E-state index is 11.3. The van der Waals surface area contributed by atoms with Crippen molar-refractivity contribution in [1.82, 2.24) is 20.4 Å². The molecule has 262 valence electrons. The van der Waals surface area contributed by atoms with Gasteiger partial charge in [-0.3, -0.25) is 9.98 Å². The Kier molecular flexibility index (Phi) is 9.99. The summed E-state index contributed by atoms with van der Waals surface area (Å²) in [5.74, 6) is -1.29. The molecule has 7 rings (SSSR count). The van der Waals surface area contributed by atoms with Gasteiger partial charge < -0.3 is 15.0 Å². The molecule has 0 fully saturated rings. The molecule has 0 atom stereocenters. The van der Waals surface area contributed by atoms with Gasteiger partial charge in [0.15, 0.2) is 0 Å². The summed E-state index contributed by atoms with van der Waals surface area (Å²) in [6.07, 6.45) is 3.42. The molecule has 0 spiro atoms. The topological polar surface area (TPSA) is 154 Å². The zero-order valence-corrected chi connectivity index (χ0v) is 29.2. The molecule has 1 N–H and O–H groups in total. The Hall–Kier alpha value is -7.46. The highest BCUT2D eigenvalue weighted by molar-refractivity contribution is 5.92. The Morgan fingerprint density at radius 2 is 0.833 bits per heavy atom. The van der Waals surface area contributed by atoms with Crippen LogP contribution in [0.2, 0.25) is 0 Å². The van der Waals surface area contributed by atoms with Gasteiger partial charge in [-0.25, -0.2) is 4.79 Å². The van der Waals surface area contributed by atoms with E-state index < -0.39 is 11.9 Å². The minimum atomic E-state index is -1.19. The van der Waals surface area contributed by atoms with Crippen LogP contribution in [-0.4, -0.2) is 49.9 Å². The summed E-state index contributed by atoms with van der Waals surface area (Å²) in [5.41, 5.74) is 10.6. The van der Waals surface area contributed by atoms with E-state index >= 15 is 0 Å². The standard InChI is InChI=1S/C44H32N6O4/c1-27-23-29(3-21-39(27)43(51)52)25-45-37-17-13-33(14-18-37)31-5-9-35(10-6-31)41-47-49-42(50-48-41)36-11-7-32(8-12-36)34-15-19-38(20-16-34)46-26-30-4-22-40(44(53)54)28(2)24-30/h3-26H,1-2H3,(H,51,52)(H,53,54)/p-1. The number of hydrogen-bond donors (Lipinski definition) is 1. The van der Waals surface area contributed by atoms with Crippen LogP contribution in [0, 0.1) is 13.8 Å². The predicted molar refractivity (Wildman–Crippen MR) is 208 cm³/mol. The molecule has 0 saturated carbocycles. The largest absolute Gasteiger partial charge is 0.545 e. The van der Waals surface area contributed by atoms with Crippen molar-refractivity contribution < 1.29 is 19.8 Å². The maximum Gasteiger partial charge on any atom is 0.335 e. The van der Waals surface area contributed by atoms with Gasteiger partial charge in [-0.15, -0.1) is 20.4 Å². The van der Waals surface area contributed by atoms with Gasteiger partial charge in [0.05, 0.1) is 22.9 Å². The van der Waals surface area contributed by atoms with Gasteiger partial charge in [0.25, 0.3) is 0 Å². The second-order valence-corrected chi connectivity index (χ2v) is 12.6. The van der Waals surface area contributed by atoms with Crippen molar-refractivity contribution in [2.45, 2.75) is 13.8 Å². The number of aliphatic imine (C=N–C) groups is 2. The van der Waals surface area contributed by atoms with Crippen molar-refractivity contribution in [2.75, 3.05) is 0 Å². The van der Waals surface area contributed by atoms with E-state index in [1.165, 1.54) is 6.07 Å². The molecule has 6 aromatic carbocycles. The number of carbonyl (C=O) groups is 2. The van der Waals surface area contributed by atoms with E-state index in [0.29, 0.717) is 22.8 Å². The van der Waals surface area contributed by atoms with Crippen molar-refractivity contribution in [3.8, 4) is 45.0 Å². The lowest BCUT2D eigenvalue weighted by atomic mass is 10.0. The quantitative estimate of drug-likeness (QED) is 0.140. The number of hydrogen-bond acceptors (Lipinski definition) is 9. The van der Waals surface area contributed by atoms with E-state index in [1.54, 1.807) is 56.6 Å². The van der Waals surface area contributed by atoms with Gasteiger partial charge in [0.2, 0.25) is 11.6 Å². The van der Waals surface area contributed by atoms with Gasteiger partial charge in [-0.05, 0) is 101 Å². The van der Waals surface area contributed by atoms with Gasteiger partial charge in [0.1, 0.15) is 0 Å². The van der Waals surface area contributed by atoms with Crippen LogP contribution in [0.5, 0.6) is 0 Å². The molecule has 10 nitrogen and oxygen atoms in total. The molecule has 1 heterocycles. The molecule has 54 heavy (non-hydrogen) atoms. The third-order valence-corrected chi connectivity index (χ3v) is 8.84. The molecule has 10 heteroatoms. The lowest BCUT2D eigenvalue weighted by Crippen LogP contribution is -2.23. The first kappa shape index (κ1) is 35.0. The maximum absolute atomic E-state index is 11.3. The Morgan fingerprint density at radius 1 is 0.500 bits per heavy atom. The van der Waals surface area contributed by atoms with E-state index in [9.17, 15) is 19.8 Å². The first-order valence-electron chi connectivity index (χ1n) is 16.9. The van der Waals surface area contributed by atoms with Crippen LogP contribution in [0.15, 0.2) is 143 Å². The minimum Gasteiger partial charge on any atom is -0.545 e. The fourth-order valence-electron chi connectivity index (χ4n) is 5.87. The Bertz CT molecular complexity index is 2350. The van der Waals surface area contributed by atoms with Crippen molar-refractivity contribution in [3.05, 3.63) is 167 Å². The molecule has 0 bridgehead atoms. The van der Waals surface area contributed by atoms with Crippen molar-refractivity contribution in [3.63, 3.8) is 0 Å². The third-order valence-electron chi connectivity index (χ3n) is 8.84. The Balaban J connectivity index is 0.958. The Labute approximate surface area is 310 Å². The molecule has 0 saturated heterocycles.